The number of anilines is 1. The Hall–Kier alpha value is -4.68. The summed E-state index contributed by atoms with van der Waals surface area (Å²) in [6, 6.07) is 10.1. The van der Waals surface area contributed by atoms with Gasteiger partial charge in [0.1, 0.15) is 17.0 Å². The Balaban J connectivity index is 1.67. The van der Waals surface area contributed by atoms with Gasteiger partial charge in [-0.25, -0.2) is 14.2 Å². The monoisotopic (exact) mass is 500 g/mol. The van der Waals surface area contributed by atoms with Crippen LogP contribution in [0.2, 0.25) is 0 Å². The molecule has 0 bridgehead atoms. The Labute approximate surface area is 201 Å². The van der Waals surface area contributed by atoms with Crippen molar-refractivity contribution >= 4 is 17.6 Å². The zero-order valence-corrected chi connectivity index (χ0v) is 18.9. The van der Waals surface area contributed by atoms with Crippen LogP contribution < -0.4 is 5.32 Å². The summed E-state index contributed by atoms with van der Waals surface area (Å²) >= 11 is 0. The Kier molecular flexibility index (Phi) is 6.47. The molecular formula is C23H19F3N6O4. The molecule has 13 heteroatoms. The van der Waals surface area contributed by atoms with Crippen LogP contribution in [0.1, 0.15) is 29.9 Å². The van der Waals surface area contributed by atoms with Crippen LogP contribution in [0, 0.1) is 0 Å². The van der Waals surface area contributed by atoms with Gasteiger partial charge < -0.3 is 15.2 Å². The van der Waals surface area contributed by atoms with Crippen LogP contribution in [0.15, 0.2) is 54.9 Å². The molecule has 2 N–H and O–H groups in total. The summed E-state index contributed by atoms with van der Waals surface area (Å²) in [5.41, 5.74) is -0.233. The number of phenols is 1. The highest BCUT2D eigenvalue weighted by atomic mass is 19.4. The van der Waals surface area contributed by atoms with E-state index in [1.54, 1.807) is 0 Å². The van der Waals surface area contributed by atoms with Gasteiger partial charge in [0, 0.05) is 12.5 Å². The highest BCUT2D eigenvalue weighted by molar-refractivity contribution is 5.94. The zero-order valence-electron chi connectivity index (χ0n) is 18.9. The van der Waals surface area contributed by atoms with Crippen molar-refractivity contribution in [3.05, 3.63) is 66.1 Å². The van der Waals surface area contributed by atoms with Crippen molar-refractivity contribution in [2.45, 2.75) is 20.0 Å². The van der Waals surface area contributed by atoms with Crippen molar-refractivity contribution in [1.82, 2.24) is 24.8 Å². The summed E-state index contributed by atoms with van der Waals surface area (Å²) in [5.74, 6) is -1.47. The molecule has 36 heavy (non-hydrogen) atoms. The predicted octanol–water partition coefficient (Wildman–Crippen LogP) is 3.98. The van der Waals surface area contributed by atoms with Crippen LogP contribution in [-0.4, -0.2) is 48.4 Å². The number of nitrogens with one attached hydrogen (secondary N) is 1. The lowest BCUT2D eigenvalue weighted by Crippen LogP contribution is -2.18. The summed E-state index contributed by atoms with van der Waals surface area (Å²) in [7, 11) is 0. The van der Waals surface area contributed by atoms with Gasteiger partial charge in [-0.05, 0) is 49.4 Å². The number of phenolic OH excluding ortho intramolecular Hbond substituents is 1. The highest BCUT2D eigenvalue weighted by Gasteiger charge is 2.41. The molecule has 0 radical (unpaired) electrons. The third-order valence-electron chi connectivity index (χ3n) is 4.98. The maximum Gasteiger partial charge on any atom is 0.434 e. The number of halogens is 3. The minimum atomic E-state index is -4.86. The van der Waals surface area contributed by atoms with Crippen LogP contribution in [0.4, 0.5) is 18.9 Å². The van der Waals surface area contributed by atoms with Crippen LogP contribution in [-0.2, 0) is 15.7 Å². The number of hydrogen-bond acceptors (Lipinski definition) is 7. The van der Waals surface area contributed by atoms with Crippen LogP contribution in [0.3, 0.4) is 0 Å². The molecule has 0 aliphatic rings. The molecule has 4 rings (SSSR count). The lowest BCUT2D eigenvalue weighted by molar-refractivity contribution is -0.143. The lowest BCUT2D eigenvalue weighted by Gasteiger charge is -2.12. The Morgan fingerprint density at radius 2 is 1.81 bits per heavy atom. The average molecular weight is 500 g/mol. The Morgan fingerprint density at radius 3 is 2.44 bits per heavy atom. The van der Waals surface area contributed by atoms with E-state index in [4.69, 9.17) is 4.74 Å². The van der Waals surface area contributed by atoms with Gasteiger partial charge in [-0.3, -0.25) is 4.79 Å². The van der Waals surface area contributed by atoms with Crippen molar-refractivity contribution in [2.24, 2.45) is 0 Å². The largest absolute Gasteiger partial charge is 0.508 e. The minimum absolute atomic E-state index is 0.0418. The van der Waals surface area contributed by atoms with Crippen LogP contribution >= 0.6 is 0 Å². The second-order valence-corrected chi connectivity index (χ2v) is 7.51. The number of hydrogen-bond donors (Lipinski definition) is 2. The standard InChI is InChI=1S/C23H19F3N6O4/c1-3-36-22(35)18-11-27-32(21(18)23(24,25)26)15-6-4-14(5-7-15)31-12-20(29-30-31)17-10-16(34)8-9-19(17)28-13(2)33/h4-12,34H,3H2,1-2H3,(H,28,33). The van der Waals surface area contributed by atoms with Crippen LogP contribution in [0.5, 0.6) is 5.75 Å². The molecule has 0 aliphatic heterocycles. The summed E-state index contributed by atoms with van der Waals surface area (Å²) in [6.45, 7) is 2.75. The topological polar surface area (TPSA) is 124 Å². The van der Waals surface area contributed by atoms with E-state index in [2.05, 4.69) is 20.7 Å². The van der Waals surface area contributed by atoms with Crippen molar-refractivity contribution in [3.8, 4) is 28.4 Å². The summed E-state index contributed by atoms with van der Waals surface area (Å²) in [5, 5.41) is 24.4. The second-order valence-electron chi connectivity index (χ2n) is 7.51. The lowest BCUT2D eigenvalue weighted by atomic mass is 10.1. The Bertz CT molecular complexity index is 1430. The molecular weight excluding hydrogens is 481 g/mol. The number of nitrogens with zero attached hydrogens (tertiary/aromatic N) is 5. The summed E-state index contributed by atoms with van der Waals surface area (Å²) in [4.78, 5) is 23.5. The number of ether oxygens (including phenoxy) is 1. The molecule has 0 aliphatic carbocycles. The molecule has 1 amide bonds. The first-order valence-electron chi connectivity index (χ1n) is 10.5. The average Bonchev–Trinajstić information content (AvgIpc) is 3.48. The molecule has 0 spiro atoms. The number of aromatic nitrogens is 5. The van der Waals surface area contributed by atoms with E-state index in [9.17, 15) is 27.9 Å². The minimum Gasteiger partial charge on any atom is -0.508 e. The number of carbonyl (C=O) groups is 2. The van der Waals surface area contributed by atoms with Gasteiger partial charge in [-0.15, -0.1) is 5.10 Å². The highest BCUT2D eigenvalue weighted by Crippen LogP contribution is 2.34. The number of amides is 1. The van der Waals surface area contributed by atoms with E-state index in [0.717, 1.165) is 6.20 Å². The fourth-order valence-electron chi connectivity index (χ4n) is 3.48. The van der Waals surface area contributed by atoms with Gasteiger partial charge >= 0.3 is 12.1 Å². The number of esters is 1. The molecule has 186 valence electrons. The molecule has 2 aromatic carbocycles. The van der Waals surface area contributed by atoms with Crippen molar-refractivity contribution in [1.29, 1.82) is 0 Å². The van der Waals surface area contributed by atoms with E-state index in [1.807, 2.05) is 0 Å². The van der Waals surface area contributed by atoms with E-state index >= 15 is 0 Å². The molecule has 0 atom stereocenters. The normalized spacial score (nSPS) is 11.4. The molecule has 4 aromatic rings. The first-order chi connectivity index (χ1) is 17.1. The maximum atomic E-state index is 13.7. The van der Waals surface area contributed by atoms with Crippen molar-refractivity contribution in [3.63, 3.8) is 0 Å². The number of alkyl halides is 3. The molecule has 2 heterocycles. The number of carbonyl (C=O) groups excluding carboxylic acids is 2. The number of rotatable bonds is 6. The third-order valence-corrected chi connectivity index (χ3v) is 4.98. The number of benzene rings is 2. The molecule has 0 fully saturated rings. The molecule has 10 nitrogen and oxygen atoms in total. The zero-order chi connectivity index (χ0) is 26.0. The first-order valence-corrected chi connectivity index (χ1v) is 10.5. The summed E-state index contributed by atoms with van der Waals surface area (Å²) < 4.78 is 47.9. The van der Waals surface area contributed by atoms with Gasteiger partial charge in [0.15, 0.2) is 5.69 Å². The molecule has 0 unspecified atom stereocenters. The molecule has 0 saturated carbocycles. The molecule has 2 aromatic heterocycles. The van der Waals surface area contributed by atoms with Gasteiger partial charge in [-0.2, -0.15) is 18.3 Å². The Morgan fingerprint density at radius 1 is 1.11 bits per heavy atom. The van der Waals surface area contributed by atoms with Gasteiger partial charge in [0.05, 0.1) is 36.1 Å². The van der Waals surface area contributed by atoms with E-state index in [1.165, 1.54) is 67.2 Å². The second kappa shape index (κ2) is 9.52. The molecule has 0 saturated heterocycles. The SMILES string of the molecule is CCOC(=O)c1cnn(-c2ccc(-n3cc(-c4cc(O)ccc4NC(C)=O)nn3)cc2)c1C(F)(F)F. The summed E-state index contributed by atoms with van der Waals surface area (Å²) in [6.07, 6.45) is -2.51. The maximum absolute atomic E-state index is 13.7. The van der Waals surface area contributed by atoms with Gasteiger partial charge in [0.25, 0.3) is 0 Å². The number of aromatic hydroxyl groups is 1. The van der Waals surface area contributed by atoms with Crippen molar-refractivity contribution < 1.29 is 32.6 Å². The smallest absolute Gasteiger partial charge is 0.434 e. The fraction of sp³-hybridized carbons (Fsp3) is 0.174. The van der Waals surface area contributed by atoms with E-state index in [-0.39, 0.29) is 24.0 Å². The van der Waals surface area contributed by atoms with Gasteiger partial charge in [0.2, 0.25) is 5.91 Å². The van der Waals surface area contributed by atoms with E-state index < -0.39 is 23.4 Å². The van der Waals surface area contributed by atoms with Gasteiger partial charge in [-0.1, -0.05) is 5.21 Å². The van der Waals surface area contributed by atoms with Crippen molar-refractivity contribution in [2.75, 3.05) is 11.9 Å². The quantitative estimate of drug-likeness (QED) is 0.303. The predicted molar refractivity (Wildman–Crippen MR) is 121 cm³/mol. The van der Waals surface area contributed by atoms with Crippen LogP contribution in [0.25, 0.3) is 22.6 Å². The fourth-order valence-corrected chi connectivity index (χ4v) is 3.48. The first kappa shape index (κ1) is 24.4. The third kappa shape index (κ3) is 4.89. The van der Waals surface area contributed by atoms with E-state index in [0.29, 0.717) is 27.3 Å².